The average molecular weight is 301 g/mol. The van der Waals surface area contributed by atoms with Crippen LogP contribution in [0.4, 0.5) is 0 Å². The molecule has 0 aromatic carbocycles. The fourth-order valence-electron chi connectivity index (χ4n) is 2.23. The van der Waals surface area contributed by atoms with Crippen LogP contribution < -0.4 is 5.32 Å². The number of aliphatic hydroxyl groups excluding tert-OH is 1. The van der Waals surface area contributed by atoms with Crippen LogP contribution in [-0.4, -0.2) is 41.4 Å². The normalized spacial score (nSPS) is 24.7. The van der Waals surface area contributed by atoms with Crippen molar-refractivity contribution >= 4 is 23.1 Å². The molecule has 108 valence electrons. The van der Waals surface area contributed by atoms with Gasteiger partial charge in [0, 0.05) is 22.7 Å². The molecular weight excluding hydrogens is 278 g/mol. The van der Waals surface area contributed by atoms with Crippen molar-refractivity contribution < 1.29 is 9.84 Å². The Morgan fingerprint density at radius 1 is 1.58 bits per heavy atom. The van der Waals surface area contributed by atoms with E-state index >= 15 is 0 Å². The van der Waals surface area contributed by atoms with Crippen molar-refractivity contribution in [1.82, 2.24) is 5.32 Å². The van der Waals surface area contributed by atoms with Crippen LogP contribution in [0.1, 0.15) is 24.6 Å². The summed E-state index contributed by atoms with van der Waals surface area (Å²) in [5, 5.41) is 15.2. The summed E-state index contributed by atoms with van der Waals surface area (Å²) in [4.78, 5) is 1.20. The largest absolute Gasteiger partial charge is 0.389 e. The fourth-order valence-corrected chi connectivity index (χ4v) is 4.14. The highest BCUT2D eigenvalue weighted by atomic mass is 32.2. The molecular formula is C14H23NO2S2. The molecule has 0 amide bonds. The van der Waals surface area contributed by atoms with Crippen molar-refractivity contribution in [3.05, 3.63) is 22.4 Å². The Balaban J connectivity index is 1.53. The summed E-state index contributed by atoms with van der Waals surface area (Å²) in [6, 6.07) is 4.06. The molecule has 2 rings (SSSR count). The minimum Gasteiger partial charge on any atom is -0.389 e. The number of thioether (sulfide) groups is 1. The van der Waals surface area contributed by atoms with E-state index in [-0.39, 0.29) is 0 Å². The summed E-state index contributed by atoms with van der Waals surface area (Å²) in [5.41, 5.74) is 0. The Morgan fingerprint density at radius 3 is 3.16 bits per heavy atom. The summed E-state index contributed by atoms with van der Waals surface area (Å²) < 4.78 is 5.86. The van der Waals surface area contributed by atoms with Crippen LogP contribution in [0.15, 0.2) is 17.5 Å². The molecule has 1 aliphatic rings. The monoisotopic (exact) mass is 301 g/mol. The van der Waals surface area contributed by atoms with Crippen molar-refractivity contribution in [1.29, 1.82) is 0 Å². The highest BCUT2D eigenvalue weighted by molar-refractivity contribution is 8.00. The van der Waals surface area contributed by atoms with Crippen LogP contribution >= 0.6 is 23.1 Å². The summed E-state index contributed by atoms with van der Waals surface area (Å²) in [6.07, 6.45) is 2.17. The van der Waals surface area contributed by atoms with Crippen molar-refractivity contribution in [3.8, 4) is 0 Å². The molecule has 5 heteroatoms. The lowest BCUT2D eigenvalue weighted by Gasteiger charge is -2.23. The minimum absolute atomic E-state index is 0.359. The topological polar surface area (TPSA) is 41.5 Å². The smallest absolute Gasteiger partial charge is 0.0897 e. The van der Waals surface area contributed by atoms with Gasteiger partial charge in [-0.15, -0.1) is 11.3 Å². The van der Waals surface area contributed by atoms with E-state index in [1.165, 1.54) is 23.5 Å². The van der Waals surface area contributed by atoms with Crippen LogP contribution in [0, 0.1) is 0 Å². The van der Waals surface area contributed by atoms with Gasteiger partial charge >= 0.3 is 0 Å². The van der Waals surface area contributed by atoms with Gasteiger partial charge in [-0.25, -0.2) is 0 Å². The number of hydrogen-bond acceptors (Lipinski definition) is 5. The third-order valence-electron chi connectivity index (χ3n) is 3.31. The Kier molecular flexibility index (Phi) is 6.16. The van der Waals surface area contributed by atoms with Gasteiger partial charge in [0.2, 0.25) is 0 Å². The zero-order chi connectivity index (χ0) is 13.6. The second-order valence-electron chi connectivity index (χ2n) is 5.28. The molecule has 2 unspecified atom stereocenters. The Hall–Kier alpha value is -0.0700. The standard InChI is InChI=1S/C14H23NO2S2/c1-14(5-3-7-19-14)11-15-8-12(16)9-17-10-13-4-2-6-18-13/h2,4,6,12,15-16H,3,5,7-11H2,1H3. The van der Waals surface area contributed by atoms with Crippen molar-refractivity contribution in [2.45, 2.75) is 37.2 Å². The van der Waals surface area contributed by atoms with Gasteiger partial charge in [0.1, 0.15) is 0 Å². The van der Waals surface area contributed by atoms with Crippen LogP contribution in [0.5, 0.6) is 0 Å². The predicted octanol–water partition coefficient (Wildman–Crippen LogP) is 2.50. The molecule has 2 heterocycles. The van der Waals surface area contributed by atoms with Crippen molar-refractivity contribution in [2.24, 2.45) is 0 Å². The highest BCUT2D eigenvalue weighted by Crippen LogP contribution is 2.36. The molecule has 2 N–H and O–H groups in total. The third kappa shape index (κ3) is 5.44. The average Bonchev–Trinajstić information content (AvgIpc) is 3.01. The molecule has 0 spiro atoms. The Morgan fingerprint density at radius 2 is 2.47 bits per heavy atom. The zero-order valence-corrected chi connectivity index (χ0v) is 13.1. The van der Waals surface area contributed by atoms with E-state index in [4.69, 9.17) is 4.74 Å². The maximum Gasteiger partial charge on any atom is 0.0897 e. The molecule has 0 bridgehead atoms. The Bertz CT molecular complexity index is 350. The second kappa shape index (κ2) is 7.64. The summed E-state index contributed by atoms with van der Waals surface area (Å²) >= 11 is 3.72. The first-order valence-corrected chi connectivity index (χ1v) is 8.67. The highest BCUT2D eigenvalue weighted by Gasteiger charge is 2.28. The molecule has 19 heavy (non-hydrogen) atoms. The minimum atomic E-state index is -0.421. The third-order valence-corrected chi connectivity index (χ3v) is 5.70. The number of nitrogens with one attached hydrogen (secondary N) is 1. The van der Waals surface area contributed by atoms with Crippen LogP contribution in [-0.2, 0) is 11.3 Å². The molecule has 1 aromatic heterocycles. The predicted molar refractivity (Wildman–Crippen MR) is 82.9 cm³/mol. The fraction of sp³-hybridized carbons (Fsp3) is 0.714. The van der Waals surface area contributed by atoms with E-state index < -0.39 is 6.10 Å². The molecule has 0 aliphatic carbocycles. The van der Waals surface area contributed by atoms with Gasteiger partial charge in [-0.05, 0) is 37.0 Å². The van der Waals surface area contributed by atoms with Gasteiger partial charge in [-0.1, -0.05) is 6.07 Å². The van der Waals surface area contributed by atoms with Crippen molar-refractivity contribution in [3.63, 3.8) is 0 Å². The first kappa shape index (κ1) is 15.3. The lowest BCUT2D eigenvalue weighted by Crippen LogP contribution is -2.38. The van der Waals surface area contributed by atoms with E-state index in [2.05, 4.69) is 12.2 Å². The van der Waals surface area contributed by atoms with Gasteiger partial charge < -0.3 is 15.2 Å². The van der Waals surface area contributed by atoms with Gasteiger partial charge in [0.05, 0.1) is 19.3 Å². The molecule has 1 saturated heterocycles. The van der Waals surface area contributed by atoms with Gasteiger partial charge in [0.25, 0.3) is 0 Å². The van der Waals surface area contributed by atoms with Gasteiger partial charge in [-0.2, -0.15) is 11.8 Å². The molecule has 0 radical (unpaired) electrons. The number of rotatable bonds is 8. The first-order chi connectivity index (χ1) is 9.18. The van der Waals surface area contributed by atoms with Crippen LogP contribution in [0.2, 0.25) is 0 Å². The van der Waals surface area contributed by atoms with Crippen LogP contribution in [0.25, 0.3) is 0 Å². The molecule has 0 saturated carbocycles. The van der Waals surface area contributed by atoms with Gasteiger partial charge in [-0.3, -0.25) is 0 Å². The molecule has 3 nitrogen and oxygen atoms in total. The quantitative estimate of drug-likeness (QED) is 0.774. The van der Waals surface area contributed by atoms with E-state index in [1.807, 2.05) is 29.3 Å². The number of hydrogen-bond donors (Lipinski definition) is 2. The first-order valence-electron chi connectivity index (χ1n) is 6.81. The maximum absolute atomic E-state index is 9.84. The van der Waals surface area contributed by atoms with Crippen LogP contribution in [0.3, 0.4) is 0 Å². The van der Waals surface area contributed by atoms with E-state index in [9.17, 15) is 5.11 Å². The SMILES string of the molecule is CC1(CNCC(O)COCc2cccs2)CCCS1. The summed E-state index contributed by atoms with van der Waals surface area (Å²) in [6.45, 7) is 4.88. The number of aliphatic hydroxyl groups is 1. The zero-order valence-electron chi connectivity index (χ0n) is 11.4. The molecule has 1 fully saturated rings. The van der Waals surface area contributed by atoms with E-state index in [0.717, 1.165) is 6.54 Å². The molecule has 2 atom stereocenters. The maximum atomic E-state index is 9.84. The van der Waals surface area contributed by atoms with E-state index in [0.29, 0.717) is 24.5 Å². The number of thiophene rings is 1. The second-order valence-corrected chi connectivity index (χ2v) is 8.00. The van der Waals surface area contributed by atoms with Crippen molar-refractivity contribution in [2.75, 3.05) is 25.4 Å². The molecule has 1 aliphatic heterocycles. The Labute approximate surface area is 123 Å². The van der Waals surface area contributed by atoms with Gasteiger partial charge in [0.15, 0.2) is 0 Å². The molecule has 1 aromatic rings. The van der Waals surface area contributed by atoms with E-state index in [1.54, 1.807) is 11.3 Å². The number of ether oxygens (including phenoxy) is 1. The summed E-state index contributed by atoms with van der Waals surface area (Å²) in [7, 11) is 0. The lowest BCUT2D eigenvalue weighted by atomic mass is 10.1. The summed E-state index contributed by atoms with van der Waals surface area (Å²) in [5.74, 6) is 1.27. The lowest BCUT2D eigenvalue weighted by molar-refractivity contribution is 0.0297.